The minimum Gasteiger partial charge on any atom is -0.471 e. The van der Waals surface area contributed by atoms with Gasteiger partial charge in [0.05, 0.1) is 25.2 Å². The second-order valence-corrected chi connectivity index (χ2v) is 12.0. The summed E-state index contributed by atoms with van der Waals surface area (Å²) in [6, 6.07) is 3.95. The standard InChI is InChI=1S/C30H38N6O5S/c1-4-5-6-7-10-20(31)28(38)36-16-19(15-22(36)26(37)35-30(12-13-30)29(39)40-3)41-27-24-23(18(2)17-42-24)33-25(34-27)21-11-8-9-14-32-21/h8-9,11,14,17,19-20,22H,4-7,10,12-13,15-16,31H2,1-3H3,(H,35,37)/t19-,20+,22+/m1/s1. The largest absolute Gasteiger partial charge is 0.471 e. The maximum absolute atomic E-state index is 13.6. The molecule has 1 saturated carbocycles. The molecule has 3 N–H and O–H groups in total. The number of carbonyl (C=O) groups is 3. The zero-order valence-corrected chi connectivity index (χ0v) is 25.1. The molecule has 11 nitrogen and oxygen atoms in total. The number of pyridine rings is 1. The molecule has 3 aromatic heterocycles. The third kappa shape index (κ3) is 6.24. The number of rotatable bonds is 12. The van der Waals surface area contributed by atoms with Gasteiger partial charge in [-0.1, -0.05) is 38.7 Å². The molecule has 5 rings (SSSR count). The van der Waals surface area contributed by atoms with E-state index in [4.69, 9.17) is 25.2 Å². The van der Waals surface area contributed by atoms with Crippen LogP contribution < -0.4 is 15.8 Å². The summed E-state index contributed by atoms with van der Waals surface area (Å²) in [5, 5.41) is 4.85. The van der Waals surface area contributed by atoms with Gasteiger partial charge < -0.3 is 25.4 Å². The average molecular weight is 595 g/mol. The molecule has 12 heteroatoms. The first kappa shape index (κ1) is 29.8. The van der Waals surface area contributed by atoms with E-state index in [1.807, 2.05) is 30.5 Å². The minimum absolute atomic E-state index is 0.166. The van der Waals surface area contributed by atoms with Crippen molar-refractivity contribution in [3.05, 3.63) is 35.3 Å². The van der Waals surface area contributed by atoms with Crippen molar-refractivity contribution in [2.45, 2.75) is 88.9 Å². The highest BCUT2D eigenvalue weighted by atomic mass is 32.1. The molecule has 2 amide bonds. The van der Waals surface area contributed by atoms with Gasteiger partial charge in [-0.2, -0.15) is 4.98 Å². The summed E-state index contributed by atoms with van der Waals surface area (Å²) in [4.78, 5) is 54.8. The van der Waals surface area contributed by atoms with Crippen LogP contribution in [0.25, 0.3) is 21.7 Å². The molecule has 224 valence electrons. The molecule has 2 aliphatic rings. The smallest absolute Gasteiger partial charge is 0.331 e. The molecule has 1 aliphatic carbocycles. The molecule has 3 aromatic rings. The van der Waals surface area contributed by atoms with E-state index in [9.17, 15) is 14.4 Å². The first-order valence-corrected chi connectivity index (χ1v) is 15.4. The quantitative estimate of drug-likeness (QED) is 0.237. The molecule has 3 atom stereocenters. The molecule has 0 bridgehead atoms. The number of thiophene rings is 1. The lowest BCUT2D eigenvalue weighted by atomic mass is 10.1. The first-order valence-electron chi connectivity index (χ1n) is 14.6. The predicted molar refractivity (Wildman–Crippen MR) is 159 cm³/mol. The number of nitrogens with two attached hydrogens (primary N) is 1. The lowest BCUT2D eigenvalue weighted by Crippen LogP contribution is -2.54. The minimum atomic E-state index is -1.04. The molecule has 1 saturated heterocycles. The molecule has 2 fully saturated rings. The Hall–Kier alpha value is -3.64. The Balaban J connectivity index is 1.39. The highest BCUT2D eigenvalue weighted by Crippen LogP contribution is 2.38. The van der Waals surface area contributed by atoms with Crippen LogP contribution in [0, 0.1) is 6.92 Å². The number of ether oxygens (including phenoxy) is 2. The van der Waals surface area contributed by atoms with E-state index < -0.39 is 35.6 Å². The lowest BCUT2D eigenvalue weighted by molar-refractivity contribution is -0.147. The Morgan fingerprint density at radius 2 is 2.02 bits per heavy atom. The van der Waals surface area contributed by atoms with Crippen LogP contribution in [0.2, 0.25) is 0 Å². The second-order valence-electron chi connectivity index (χ2n) is 11.2. The summed E-state index contributed by atoms with van der Waals surface area (Å²) in [5.41, 5.74) is 7.69. The van der Waals surface area contributed by atoms with Crippen LogP contribution in [0.3, 0.4) is 0 Å². The molecule has 4 heterocycles. The van der Waals surface area contributed by atoms with Gasteiger partial charge in [-0.15, -0.1) is 11.3 Å². The summed E-state index contributed by atoms with van der Waals surface area (Å²) >= 11 is 1.48. The van der Waals surface area contributed by atoms with E-state index in [1.165, 1.54) is 23.3 Å². The van der Waals surface area contributed by atoms with E-state index in [0.717, 1.165) is 41.5 Å². The fourth-order valence-corrected chi connectivity index (χ4v) is 6.30. The van der Waals surface area contributed by atoms with Crippen molar-refractivity contribution in [3.8, 4) is 17.4 Å². The summed E-state index contributed by atoms with van der Waals surface area (Å²) in [5.74, 6) is -0.373. The number of hydrogen-bond donors (Lipinski definition) is 2. The van der Waals surface area contributed by atoms with Crippen molar-refractivity contribution in [2.75, 3.05) is 13.7 Å². The topological polar surface area (TPSA) is 150 Å². The van der Waals surface area contributed by atoms with Crippen LogP contribution in [0.4, 0.5) is 0 Å². The second kappa shape index (κ2) is 12.7. The van der Waals surface area contributed by atoms with Gasteiger partial charge in [-0.05, 0) is 49.3 Å². The Labute approximate surface area is 249 Å². The molecule has 0 unspecified atom stereocenters. The molecule has 0 spiro atoms. The highest BCUT2D eigenvalue weighted by molar-refractivity contribution is 7.17. The average Bonchev–Trinajstić information content (AvgIpc) is 3.50. The van der Waals surface area contributed by atoms with Gasteiger partial charge >= 0.3 is 5.97 Å². The summed E-state index contributed by atoms with van der Waals surface area (Å²) in [7, 11) is 1.30. The number of aromatic nitrogens is 3. The molecule has 0 radical (unpaired) electrons. The van der Waals surface area contributed by atoms with Gasteiger partial charge in [0.1, 0.15) is 28.1 Å². The van der Waals surface area contributed by atoms with Crippen LogP contribution in [0.15, 0.2) is 29.8 Å². The Bertz CT molecular complexity index is 1440. The highest BCUT2D eigenvalue weighted by Gasteiger charge is 2.54. The predicted octanol–water partition coefficient (Wildman–Crippen LogP) is 3.53. The Kier molecular flexibility index (Phi) is 9.02. The lowest BCUT2D eigenvalue weighted by Gasteiger charge is -2.27. The number of esters is 1. The van der Waals surface area contributed by atoms with Crippen LogP contribution in [-0.2, 0) is 19.1 Å². The van der Waals surface area contributed by atoms with Gasteiger partial charge in [-0.25, -0.2) is 9.78 Å². The Morgan fingerprint density at radius 3 is 2.71 bits per heavy atom. The van der Waals surface area contributed by atoms with Gasteiger partial charge in [0.15, 0.2) is 5.82 Å². The first-order chi connectivity index (χ1) is 20.3. The summed E-state index contributed by atoms with van der Waals surface area (Å²) in [6.45, 7) is 4.27. The van der Waals surface area contributed by atoms with Gasteiger partial charge in [-0.3, -0.25) is 14.6 Å². The van der Waals surface area contributed by atoms with Crippen molar-refractivity contribution in [1.29, 1.82) is 0 Å². The van der Waals surface area contributed by atoms with E-state index in [-0.39, 0.29) is 18.9 Å². The zero-order chi connectivity index (χ0) is 29.9. The van der Waals surface area contributed by atoms with E-state index in [1.54, 1.807) is 6.20 Å². The maximum Gasteiger partial charge on any atom is 0.331 e. The molecular formula is C30H38N6O5S. The van der Waals surface area contributed by atoms with Gasteiger partial charge in [0.25, 0.3) is 0 Å². The zero-order valence-electron chi connectivity index (χ0n) is 24.3. The van der Waals surface area contributed by atoms with Crippen molar-refractivity contribution in [1.82, 2.24) is 25.2 Å². The number of likely N-dealkylation sites (tertiary alicyclic amines) is 1. The SMILES string of the molecule is CCCCCC[C@H](N)C(=O)N1C[C@H](Oc2nc(-c3ccccn3)nc3c(C)csc23)C[C@H]1C(=O)NC1(C(=O)OC)CC1. The van der Waals surface area contributed by atoms with Gasteiger partial charge in [0, 0.05) is 12.6 Å². The number of aryl methyl sites for hydroxylation is 1. The fraction of sp³-hybridized carbons (Fsp3) is 0.533. The third-order valence-corrected chi connectivity index (χ3v) is 9.03. The van der Waals surface area contributed by atoms with Crippen LogP contribution in [-0.4, -0.2) is 75.0 Å². The molecule has 42 heavy (non-hydrogen) atoms. The van der Waals surface area contributed by atoms with Crippen molar-refractivity contribution in [2.24, 2.45) is 5.73 Å². The molecule has 1 aliphatic heterocycles. The third-order valence-electron chi connectivity index (χ3n) is 7.96. The van der Waals surface area contributed by atoms with Crippen LogP contribution in [0.5, 0.6) is 5.88 Å². The number of fused-ring (bicyclic) bond motifs is 1. The molecular weight excluding hydrogens is 556 g/mol. The number of methoxy groups -OCH3 is 1. The normalized spacial score (nSPS) is 19.9. The monoisotopic (exact) mass is 594 g/mol. The maximum atomic E-state index is 13.6. The Morgan fingerprint density at radius 1 is 1.21 bits per heavy atom. The van der Waals surface area contributed by atoms with Crippen molar-refractivity contribution in [3.63, 3.8) is 0 Å². The summed E-state index contributed by atoms with van der Waals surface area (Å²) < 4.78 is 12.2. The summed E-state index contributed by atoms with van der Waals surface area (Å²) in [6.07, 6.45) is 6.91. The number of nitrogens with one attached hydrogen (secondary N) is 1. The van der Waals surface area contributed by atoms with Crippen molar-refractivity contribution < 1.29 is 23.9 Å². The van der Waals surface area contributed by atoms with E-state index in [0.29, 0.717) is 36.7 Å². The number of hydrogen-bond acceptors (Lipinski definition) is 10. The number of nitrogens with zero attached hydrogens (tertiary/aromatic N) is 4. The number of carbonyl (C=O) groups excluding carboxylic acids is 3. The number of unbranched alkanes of at least 4 members (excludes halogenated alkanes) is 3. The molecule has 0 aromatic carbocycles. The van der Waals surface area contributed by atoms with E-state index in [2.05, 4.69) is 17.2 Å². The van der Waals surface area contributed by atoms with Crippen LogP contribution in [0.1, 0.15) is 63.9 Å². The fourth-order valence-electron chi connectivity index (χ4n) is 5.38. The van der Waals surface area contributed by atoms with Crippen LogP contribution >= 0.6 is 11.3 Å². The van der Waals surface area contributed by atoms with E-state index >= 15 is 0 Å². The van der Waals surface area contributed by atoms with Gasteiger partial charge in [0.2, 0.25) is 17.7 Å². The number of amides is 2. The van der Waals surface area contributed by atoms with Crippen molar-refractivity contribution >= 4 is 39.3 Å².